The number of nitrogens with one attached hydrogen (secondary N) is 1. The molecule has 0 saturated carbocycles. The number of likely N-dealkylation sites (tertiary alicyclic amines) is 1. The van der Waals surface area contributed by atoms with E-state index in [9.17, 15) is 8.42 Å². The molecule has 146 valence electrons. The molecule has 2 aliphatic heterocycles. The van der Waals surface area contributed by atoms with Gasteiger partial charge in [-0.2, -0.15) is 0 Å². The maximum Gasteiger partial charge on any atom is 0.214 e. The van der Waals surface area contributed by atoms with E-state index in [1.807, 2.05) is 30.3 Å². The van der Waals surface area contributed by atoms with Crippen LogP contribution in [0.4, 0.5) is 0 Å². The van der Waals surface area contributed by atoms with Crippen LogP contribution >= 0.6 is 0 Å². The first-order valence-corrected chi connectivity index (χ1v) is 11.2. The Bertz CT molecular complexity index is 639. The van der Waals surface area contributed by atoms with Gasteiger partial charge in [-0.3, -0.25) is 0 Å². The van der Waals surface area contributed by atoms with Gasteiger partial charge >= 0.3 is 0 Å². The van der Waals surface area contributed by atoms with Crippen molar-refractivity contribution in [3.63, 3.8) is 0 Å². The lowest BCUT2D eigenvalue weighted by atomic mass is 9.80. The summed E-state index contributed by atoms with van der Waals surface area (Å²) in [7, 11) is -3.36. The zero-order chi connectivity index (χ0) is 18.3. The first-order chi connectivity index (χ1) is 12.6. The molecule has 6 nitrogen and oxygen atoms in total. The lowest BCUT2D eigenvalue weighted by Crippen LogP contribution is -2.48. The summed E-state index contributed by atoms with van der Waals surface area (Å²) in [5.74, 6) is 0.663. The number of sulfonamides is 1. The standard InChI is InChI=1S/C19H30N2O4S/c22-26(23,15-14-25-18-6-2-1-3-7-18)20-16-19(8-12-24-13-9-19)17-21-10-4-5-11-21/h1-3,6-7,20H,4-5,8-17H2. The van der Waals surface area contributed by atoms with Crippen LogP contribution in [-0.4, -0.2) is 65.1 Å². The van der Waals surface area contributed by atoms with Crippen LogP contribution in [0.2, 0.25) is 0 Å². The van der Waals surface area contributed by atoms with Gasteiger partial charge in [-0.1, -0.05) is 18.2 Å². The maximum atomic E-state index is 12.4. The quantitative estimate of drug-likeness (QED) is 0.706. The maximum absolute atomic E-state index is 12.4. The monoisotopic (exact) mass is 382 g/mol. The molecule has 26 heavy (non-hydrogen) atoms. The second kappa shape index (κ2) is 9.17. The van der Waals surface area contributed by atoms with Crippen LogP contribution in [0.15, 0.2) is 30.3 Å². The zero-order valence-electron chi connectivity index (χ0n) is 15.4. The minimum Gasteiger partial charge on any atom is -0.492 e. The average Bonchev–Trinajstić information content (AvgIpc) is 3.15. The summed E-state index contributed by atoms with van der Waals surface area (Å²) < 4.78 is 38.7. The van der Waals surface area contributed by atoms with E-state index in [1.165, 1.54) is 12.8 Å². The van der Waals surface area contributed by atoms with Crippen molar-refractivity contribution in [1.29, 1.82) is 0 Å². The molecule has 0 unspecified atom stereocenters. The van der Waals surface area contributed by atoms with Gasteiger partial charge in [-0.15, -0.1) is 0 Å². The molecule has 0 aliphatic carbocycles. The molecule has 0 amide bonds. The molecular formula is C19H30N2O4S. The molecule has 3 rings (SSSR count). The van der Waals surface area contributed by atoms with Crippen molar-refractivity contribution in [2.75, 3.05) is 51.8 Å². The number of rotatable bonds is 9. The molecule has 0 radical (unpaired) electrons. The highest BCUT2D eigenvalue weighted by molar-refractivity contribution is 7.89. The predicted molar refractivity (Wildman–Crippen MR) is 102 cm³/mol. The van der Waals surface area contributed by atoms with E-state index in [0.717, 1.165) is 32.5 Å². The molecule has 0 aromatic heterocycles. The van der Waals surface area contributed by atoms with E-state index in [1.54, 1.807) is 0 Å². The van der Waals surface area contributed by atoms with Crippen LogP contribution in [0.5, 0.6) is 5.75 Å². The second-order valence-corrected chi connectivity index (χ2v) is 9.32. The third-order valence-corrected chi connectivity index (χ3v) is 6.63. The lowest BCUT2D eigenvalue weighted by molar-refractivity contribution is 0.00156. The summed E-state index contributed by atoms with van der Waals surface area (Å²) in [5.41, 5.74) is -0.0179. The number of ether oxygens (including phenoxy) is 2. The van der Waals surface area contributed by atoms with Crippen LogP contribution in [0.25, 0.3) is 0 Å². The minimum atomic E-state index is -3.36. The Morgan fingerprint density at radius 2 is 1.81 bits per heavy atom. The molecule has 2 fully saturated rings. The van der Waals surface area contributed by atoms with Gasteiger partial charge in [0, 0.05) is 31.7 Å². The summed E-state index contributed by atoms with van der Waals surface area (Å²) in [5, 5.41) is 0. The highest BCUT2D eigenvalue weighted by atomic mass is 32.2. The predicted octanol–water partition coefficient (Wildman–Crippen LogP) is 1.88. The van der Waals surface area contributed by atoms with E-state index < -0.39 is 10.0 Å². The molecule has 2 aliphatic rings. The normalized spacial score (nSPS) is 20.9. The van der Waals surface area contributed by atoms with Gasteiger partial charge in [0.05, 0.1) is 5.75 Å². The minimum absolute atomic E-state index is 0.0179. The van der Waals surface area contributed by atoms with Crippen LogP contribution in [-0.2, 0) is 14.8 Å². The Morgan fingerprint density at radius 3 is 2.50 bits per heavy atom. The molecule has 0 atom stereocenters. The Kier molecular flexibility index (Phi) is 6.92. The highest BCUT2D eigenvalue weighted by Gasteiger charge is 2.36. The van der Waals surface area contributed by atoms with Gasteiger partial charge < -0.3 is 14.4 Å². The SMILES string of the molecule is O=S(=O)(CCOc1ccccc1)NCC1(CN2CCCC2)CCOCC1. The van der Waals surface area contributed by atoms with Crippen LogP contribution in [0.3, 0.4) is 0 Å². The van der Waals surface area contributed by atoms with Crippen LogP contribution in [0, 0.1) is 5.41 Å². The number of para-hydroxylation sites is 1. The lowest BCUT2D eigenvalue weighted by Gasteiger charge is -2.40. The van der Waals surface area contributed by atoms with Gasteiger partial charge in [-0.25, -0.2) is 13.1 Å². The number of benzene rings is 1. The van der Waals surface area contributed by atoms with Gasteiger partial charge in [0.1, 0.15) is 12.4 Å². The second-order valence-electron chi connectivity index (χ2n) is 7.40. The van der Waals surface area contributed by atoms with E-state index in [4.69, 9.17) is 9.47 Å². The summed E-state index contributed by atoms with van der Waals surface area (Å²) in [4.78, 5) is 2.47. The molecule has 1 N–H and O–H groups in total. The van der Waals surface area contributed by atoms with E-state index in [0.29, 0.717) is 25.5 Å². The molecule has 1 aromatic rings. The number of hydrogen-bond acceptors (Lipinski definition) is 5. The molecule has 2 saturated heterocycles. The van der Waals surface area contributed by atoms with Gasteiger partial charge in [-0.05, 0) is 50.9 Å². The fourth-order valence-corrected chi connectivity index (χ4v) is 4.70. The van der Waals surface area contributed by atoms with E-state index in [-0.39, 0.29) is 17.8 Å². The van der Waals surface area contributed by atoms with Gasteiger partial charge in [0.25, 0.3) is 0 Å². The third kappa shape index (κ3) is 5.94. The summed E-state index contributed by atoms with van der Waals surface area (Å²) in [6, 6.07) is 9.30. The largest absolute Gasteiger partial charge is 0.492 e. The summed E-state index contributed by atoms with van der Waals surface area (Å²) in [6.45, 7) is 5.28. The molecule has 0 spiro atoms. The topological polar surface area (TPSA) is 67.9 Å². The molecule has 0 bridgehead atoms. The van der Waals surface area contributed by atoms with Crippen molar-refractivity contribution in [2.45, 2.75) is 25.7 Å². The van der Waals surface area contributed by atoms with Gasteiger partial charge in [0.15, 0.2) is 0 Å². The van der Waals surface area contributed by atoms with E-state index in [2.05, 4.69) is 9.62 Å². The number of nitrogens with zero attached hydrogens (tertiary/aromatic N) is 1. The molecular weight excluding hydrogens is 352 g/mol. The fourth-order valence-electron chi connectivity index (χ4n) is 3.73. The van der Waals surface area contributed by atoms with Crippen molar-refractivity contribution >= 4 is 10.0 Å². The van der Waals surface area contributed by atoms with Crippen molar-refractivity contribution in [3.8, 4) is 5.75 Å². The van der Waals surface area contributed by atoms with Crippen molar-refractivity contribution in [2.24, 2.45) is 5.41 Å². The fraction of sp³-hybridized carbons (Fsp3) is 0.684. The average molecular weight is 383 g/mol. The van der Waals surface area contributed by atoms with Gasteiger partial charge in [0.2, 0.25) is 10.0 Å². The van der Waals surface area contributed by atoms with Crippen molar-refractivity contribution < 1.29 is 17.9 Å². The summed E-state index contributed by atoms with van der Waals surface area (Å²) in [6.07, 6.45) is 4.31. The van der Waals surface area contributed by atoms with Crippen LogP contribution in [0.1, 0.15) is 25.7 Å². The number of hydrogen-bond donors (Lipinski definition) is 1. The first-order valence-electron chi connectivity index (χ1n) is 9.52. The Labute approximate surface area is 156 Å². The van der Waals surface area contributed by atoms with Crippen molar-refractivity contribution in [3.05, 3.63) is 30.3 Å². The van der Waals surface area contributed by atoms with Crippen LogP contribution < -0.4 is 9.46 Å². The smallest absolute Gasteiger partial charge is 0.214 e. The highest BCUT2D eigenvalue weighted by Crippen LogP contribution is 2.32. The zero-order valence-corrected chi connectivity index (χ0v) is 16.2. The third-order valence-electron chi connectivity index (χ3n) is 5.34. The molecule has 2 heterocycles. The first kappa shape index (κ1) is 19.6. The molecule has 1 aromatic carbocycles. The Morgan fingerprint density at radius 1 is 1.12 bits per heavy atom. The van der Waals surface area contributed by atoms with Crippen molar-refractivity contribution in [1.82, 2.24) is 9.62 Å². The Hall–Kier alpha value is -1.15. The molecule has 7 heteroatoms. The summed E-state index contributed by atoms with van der Waals surface area (Å²) >= 11 is 0. The Balaban J connectivity index is 1.50. The van der Waals surface area contributed by atoms with E-state index >= 15 is 0 Å².